The van der Waals surface area contributed by atoms with E-state index in [1.54, 1.807) is 19.9 Å². The van der Waals surface area contributed by atoms with Crippen LogP contribution in [0.5, 0.6) is 0 Å². The van der Waals surface area contributed by atoms with E-state index in [-0.39, 0.29) is 41.4 Å². The fourth-order valence-electron chi connectivity index (χ4n) is 5.01. The highest BCUT2D eigenvalue weighted by atomic mass is 16.6. The highest BCUT2D eigenvalue weighted by Gasteiger charge is 2.33. The molecule has 0 heterocycles. The molecule has 242 valence electrons. The number of esters is 1. The molecule has 0 radical (unpaired) electrons. The van der Waals surface area contributed by atoms with Crippen molar-refractivity contribution in [3.05, 3.63) is 46.4 Å². The number of methoxy groups -OCH3 is 4. The van der Waals surface area contributed by atoms with Crippen molar-refractivity contribution < 1.29 is 53.1 Å². The molecule has 7 atom stereocenters. The van der Waals surface area contributed by atoms with Gasteiger partial charge in [0.15, 0.2) is 11.9 Å². The van der Waals surface area contributed by atoms with E-state index in [9.17, 15) is 29.4 Å². The van der Waals surface area contributed by atoms with Crippen molar-refractivity contribution in [3.63, 3.8) is 0 Å². The van der Waals surface area contributed by atoms with Crippen molar-refractivity contribution in [1.82, 2.24) is 0 Å². The molecule has 0 aromatic rings. The zero-order valence-electron chi connectivity index (χ0n) is 26.1. The predicted octanol–water partition coefficient (Wildman–Crippen LogP) is 1.61. The van der Waals surface area contributed by atoms with Gasteiger partial charge in [-0.3, -0.25) is 9.59 Å². The standard InChI is InChI=1S/C30H46N2O11/c1-15(9-20-26(36)21(31)14-22(34)28(20)41-7)10-23(39-5)25(35)16(2)11-17(3)27(43-30(32)38)24(40-6)13-19(33)12-18(4)29(37)42-8/h11-12,14-16,19,23-25,27,33,35H,9-10,13,31H2,1-8H3,(H2,32,38)/b17-11+,18-12+/t15-,16+,19-,23+,24+,25-,27+/m1/s1. The maximum Gasteiger partial charge on any atom is 0.405 e. The maximum absolute atomic E-state index is 12.6. The van der Waals surface area contributed by atoms with Crippen molar-refractivity contribution in [3.8, 4) is 0 Å². The summed E-state index contributed by atoms with van der Waals surface area (Å²) in [6.07, 6.45) is -1.31. The molecule has 13 heteroatoms. The number of aliphatic hydroxyl groups is 2. The fourth-order valence-corrected chi connectivity index (χ4v) is 5.01. The SMILES string of the molecule is COC(=O)/C(C)=C/[C@@H](O)C[C@H](OC)[C@@H](OC(N)=O)/C(C)=C/[C@H](C)[C@@H](O)[C@H](C[C@H](C)CC1=C(OC)C(=O)C=C(N)C1=O)OC. The Bertz CT molecular complexity index is 1140. The lowest BCUT2D eigenvalue weighted by atomic mass is 9.85. The third-order valence-corrected chi connectivity index (χ3v) is 7.22. The van der Waals surface area contributed by atoms with Gasteiger partial charge in [0, 0.05) is 43.8 Å². The molecule has 0 aromatic carbocycles. The van der Waals surface area contributed by atoms with E-state index in [0.29, 0.717) is 12.0 Å². The van der Waals surface area contributed by atoms with Crippen LogP contribution in [0.2, 0.25) is 0 Å². The van der Waals surface area contributed by atoms with Gasteiger partial charge in [0.25, 0.3) is 0 Å². The Kier molecular flexibility index (Phi) is 15.3. The van der Waals surface area contributed by atoms with E-state index in [1.807, 2.05) is 6.92 Å². The van der Waals surface area contributed by atoms with Crippen molar-refractivity contribution in [2.45, 2.75) is 77.5 Å². The van der Waals surface area contributed by atoms with E-state index >= 15 is 0 Å². The first-order valence-electron chi connectivity index (χ1n) is 13.8. The molecular weight excluding hydrogens is 564 g/mol. The molecule has 0 aromatic heterocycles. The molecule has 1 amide bonds. The van der Waals surface area contributed by atoms with Crippen LogP contribution in [0.3, 0.4) is 0 Å². The molecule has 0 spiro atoms. The summed E-state index contributed by atoms with van der Waals surface area (Å²) in [4.78, 5) is 48.3. The molecule has 0 unspecified atom stereocenters. The number of carbonyl (C=O) groups excluding carboxylic acids is 4. The van der Waals surface area contributed by atoms with Crippen molar-refractivity contribution in [2.75, 3.05) is 28.4 Å². The fraction of sp³-hybridized carbons (Fsp3) is 0.600. The smallest absolute Gasteiger partial charge is 0.405 e. The second-order valence-corrected chi connectivity index (χ2v) is 10.7. The van der Waals surface area contributed by atoms with Crippen LogP contribution < -0.4 is 11.5 Å². The third-order valence-electron chi connectivity index (χ3n) is 7.22. The molecule has 13 nitrogen and oxygen atoms in total. The number of ketones is 2. The Balaban J connectivity index is 3.11. The van der Waals surface area contributed by atoms with Crippen molar-refractivity contribution in [2.24, 2.45) is 23.3 Å². The van der Waals surface area contributed by atoms with Gasteiger partial charge in [-0.05, 0) is 44.3 Å². The van der Waals surface area contributed by atoms with E-state index < -0.39 is 60.1 Å². The lowest BCUT2D eigenvalue weighted by Crippen LogP contribution is -2.39. The molecule has 0 saturated heterocycles. The Labute approximate surface area is 252 Å². The maximum atomic E-state index is 12.6. The molecule has 0 saturated carbocycles. The molecule has 0 fully saturated rings. The zero-order valence-corrected chi connectivity index (χ0v) is 26.1. The van der Waals surface area contributed by atoms with Gasteiger partial charge in [0.2, 0.25) is 11.6 Å². The topological polar surface area (TPSA) is 207 Å². The third kappa shape index (κ3) is 10.9. The predicted molar refractivity (Wildman–Crippen MR) is 156 cm³/mol. The highest BCUT2D eigenvalue weighted by molar-refractivity contribution is 6.21. The van der Waals surface area contributed by atoms with Gasteiger partial charge < -0.3 is 45.4 Å². The van der Waals surface area contributed by atoms with Crippen LogP contribution in [-0.4, -0.2) is 92.8 Å². The van der Waals surface area contributed by atoms with Gasteiger partial charge in [-0.2, -0.15) is 0 Å². The van der Waals surface area contributed by atoms with Gasteiger partial charge in [0.05, 0.1) is 38.2 Å². The van der Waals surface area contributed by atoms with Crippen LogP contribution >= 0.6 is 0 Å². The molecule has 1 rings (SSSR count). The van der Waals surface area contributed by atoms with E-state index in [2.05, 4.69) is 4.74 Å². The number of aliphatic hydroxyl groups excluding tert-OH is 2. The normalized spacial score (nSPS) is 19.5. The van der Waals surface area contributed by atoms with Gasteiger partial charge >= 0.3 is 12.1 Å². The number of carbonyl (C=O) groups is 4. The summed E-state index contributed by atoms with van der Waals surface area (Å²) in [5.74, 6) is -2.35. The monoisotopic (exact) mass is 610 g/mol. The minimum atomic E-state index is -1.14. The second-order valence-electron chi connectivity index (χ2n) is 10.7. The number of amides is 1. The van der Waals surface area contributed by atoms with Crippen molar-refractivity contribution >= 4 is 23.6 Å². The average molecular weight is 611 g/mol. The number of hydrogen-bond acceptors (Lipinski definition) is 12. The first kappa shape index (κ1) is 37.5. The first-order chi connectivity index (χ1) is 20.1. The Morgan fingerprint density at radius 3 is 2.09 bits per heavy atom. The summed E-state index contributed by atoms with van der Waals surface area (Å²) < 4.78 is 26.2. The molecule has 1 aliphatic rings. The largest absolute Gasteiger partial charge is 0.492 e. The van der Waals surface area contributed by atoms with E-state index in [0.717, 1.165) is 6.08 Å². The molecule has 1 aliphatic carbocycles. The highest BCUT2D eigenvalue weighted by Crippen LogP contribution is 2.29. The summed E-state index contributed by atoms with van der Waals surface area (Å²) in [7, 11) is 5.35. The van der Waals surface area contributed by atoms with Gasteiger partial charge in [0.1, 0.15) is 6.10 Å². The summed E-state index contributed by atoms with van der Waals surface area (Å²) in [5, 5.41) is 21.7. The molecule has 0 aliphatic heterocycles. The van der Waals surface area contributed by atoms with Crippen LogP contribution in [0.1, 0.15) is 47.0 Å². The van der Waals surface area contributed by atoms with Gasteiger partial charge in [-0.1, -0.05) is 19.9 Å². The summed E-state index contributed by atoms with van der Waals surface area (Å²) >= 11 is 0. The molecular formula is C30H46N2O11. The van der Waals surface area contributed by atoms with Crippen LogP contribution in [0.25, 0.3) is 0 Å². The minimum absolute atomic E-state index is 0.0522. The average Bonchev–Trinajstić information content (AvgIpc) is 2.95. The van der Waals surface area contributed by atoms with Crippen LogP contribution in [0, 0.1) is 11.8 Å². The zero-order chi connectivity index (χ0) is 33.0. The van der Waals surface area contributed by atoms with Crippen LogP contribution in [0.15, 0.2) is 46.4 Å². The Morgan fingerprint density at radius 2 is 1.58 bits per heavy atom. The summed E-state index contributed by atoms with van der Waals surface area (Å²) in [5.41, 5.74) is 11.7. The number of primary amides is 1. The number of hydrogen-bond donors (Lipinski definition) is 4. The Morgan fingerprint density at radius 1 is 0.977 bits per heavy atom. The number of Topliss-reactive ketones (excluding diaryl/α,β-unsaturated/α-hetero) is 1. The number of nitrogens with two attached hydrogens (primary N) is 2. The molecule has 6 N–H and O–H groups in total. The van der Waals surface area contributed by atoms with Gasteiger partial charge in [-0.25, -0.2) is 9.59 Å². The number of ether oxygens (including phenoxy) is 5. The summed E-state index contributed by atoms with van der Waals surface area (Å²) in [6.45, 7) is 6.74. The first-order valence-corrected chi connectivity index (χ1v) is 13.8. The number of allylic oxidation sites excluding steroid dienone is 2. The van der Waals surface area contributed by atoms with Crippen LogP contribution in [-0.2, 0) is 38.1 Å². The second kappa shape index (κ2) is 17.6. The quantitative estimate of drug-likeness (QED) is 0.0802. The lowest BCUT2D eigenvalue weighted by Gasteiger charge is -2.30. The van der Waals surface area contributed by atoms with Gasteiger partial charge in [-0.15, -0.1) is 0 Å². The lowest BCUT2D eigenvalue weighted by molar-refractivity contribution is -0.136. The van der Waals surface area contributed by atoms with Crippen molar-refractivity contribution in [1.29, 1.82) is 0 Å². The summed E-state index contributed by atoms with van der Waals surface area (Å²) in [6, 6.07) is 0. The minimum Gasteiger partial charge on any atom is -0.492 e. The molecule has 43 heavy (non-hydrogen) atoms. The van der Waals surface area contributed by atoms with E-state index in [1.165, 1.54) is 41.4 Å². The van der Waals surface area contributed by atoms with E-state index in [4.69, 9.17) is 30.4 Å². The Hall–Kier alpha value is -3.52. The molecule has 0 bridgehead atoms. The van der Waals surface area contributed by atoms with Crippen LogP contribution in [0.4, 0.5) is 4.79 Å². The number of rotatable bonds is 17.